The lowest BCUT2D eigenvalue weighted by Crippen LogP contribution is -2.39. The van der Waals surface area contributed by atoms with E-state index < -0.39 is 17.9 Å². The van der Waals surface area contributed by atoms with Crippen LogP contribution >= 0.6 is 0 Å². The van der Waals surface area contributed by atoms with Crippen LogP contribution in [0.3, 0.4) is 0 Å². The summed E-state index contributed by atoms with van der Waals surface area (Å²) in [5.74, 6) is -1.66. The Morgan fingerprint density at radius 3 is 2.45 bits per heavy atom. The Kier molecular flexibility index (Phi) is 4.21. The maximum atomic E-state index is 10.4. The van der Waals surface area contributed by atoms with E-state index in [4.69, 9.17) is 10.8 Å². The molecule has 1 atom stereocenters. The van der Waals surface area contributed by atoms with Crippen molar-refractivity contribution >= 4 is 11.9 Å². The molecule has 0 radical (unpaired) electrons. The predicted molar refractivity (Wildman–Crippen MR) is 38.9 cm³/mol. The first-order valence-electron chi connectivity index (χ1n) is 3.32. The lowest BCUT2D eigenvalue weighted by atomic mass is 10.2. The van der Waals surface area contributed by atoms with E-state index >= 15 is 0 Å². The summed E-state index contributed by atoms with van der Waals surface area (Å²) in [5, 5.41) is 11.1. The Morgan fingerprint density at radius 2 is 2.18 bits per heavy atom. The summed E-state index contributed by atoms with van der Waals surface area (Å²) in [6, 6.07) is -0.850. The van der Waals surface area contributed by atoms with E-state index in [2.05, 4.69) is 5.32 Å². The Morgan fingerprint density at radius 1 is 1.64 bits per heavy atom. The number of carbonyl (C=O) groups excluding carboxylic acids is 1. The number of likely N-dealkylation sites (N-methyl/N-ethyl adjacent to an activating group) is 1. The zero-order valence-electron chi connectivity index (χ0n) is 6.33. The molecule has 0 spiro atoms. The number of amides is 1. The van der Waals surface area contributed by atoms with Gasteiger partial charge in [-0.05, 0) is 6.54 Å². The molecule has 11 heavy (non-hydrogen) atoms. The van der Waals surface area contributed by atoms with Gasteiger partial charge >= 0.3 is 5.97 Å². The van der Waals surface area contributed by atoms with Gasteiger partial charge in [0.1, 0.15) is 6.04 Å². The largest absolute Gasteiger partial charge is 0.480 e. The van der Waals surface area contributed by atoms with Crippen molar-refractivity contribution in [2.75, 3.05) is 6.54 Å². The average molecular weight is 160 g/mol. The van der Waals surface area contributed by atoms with Gasteiger partial charge in [-0.15, -0.1) is 0 Å². The van der Waals surface area contributed by atoms with E-state index in [0.29, 0.717) is 6.54 Å². The molecule has 4 N–H and O–H groups in total. The normalized spacial score (nSPS) is 12.5. The lowest BCUT2D eigenvalue weighted by Gasteiger charge is -2.09. The highest BCUT2D eigenvalue weighted by Gasteiger charge is 2.17. The molecule has 0 rings (SSSR count). The minimum absolute atomic E-state index is 0.164. The molecule has 0 aliphatic rings. The first kappa shape index (κ1) is 9.90. The van der Waals surface area contributed by atoms with Crippen LogP contribution in [-0.4, -0.2) is 29.6 Å². The van der Waals surface area contributed by atoms with Gasteiger partial charge in [-0.2, -0.15) is 0 Å². The third kappa shape index (κ3) is 4.32. The van der Waals surface area contributed by atoms with Crippen molar-refractivity contribution in [3.8, 4) is 0 Å². The minimum Gasteiger partial charge on any atom is -0.480 e. The molecule has 0 aliphatic heterocycles. The Bertz CT molecular complexity index is 158. The van der Waals surface area contributed by atoms with Gasteiger partial charge in [0.2, 0.25) is 5.91 Å². The van der Waals surface area contributed by atoms with Gasteiger partial charge in [0.15, 0.2) is 0 Å². The first-order chi connectivity index (χ1) is 5.07. The Labute approximate surface area is 64.6 Å². The van der Waals surface area contributed by atoms with Crippen LogP contribution in [-0.2, 0) is 9.59 Å². The van der Waals surface area contributed by atoms with Gasteiger partial charge < -0.3 is 16.2 Å². The zero-order valence-corrected chi connectivity index (χ0v) is 6.33. The number of hydrogen-bond acceptors (Lipinski definition) is 3. The molecule has 0 heterocycles. The fraction of sp³-hybridized carbons (Fsp3) is 0.667. The standard InChI is InChI=1S/C6H12N2O3/c1-2-8-4(6(10)11)3-5(7)9/h4,8H,2-3H2,1H3,(H2,7,9)(H,10,11). The van der Waals surface area contributed by atoms with Gasteiger partial charge in [0, 0.05) is 0 Å². The van der Waals surface area contributed by atoms with Crippen LogP contribution < -0.4 is 11.1 Å². The Balaban J connectivity index is 3.89. The number of nitrogens with two attached hydrogens (primary N) is 1. The molecule has 0 fully saturated rings. The molecule has 0 bridgehead atoms. The molecule has 0 saturated heterocycles. The molecule has 0 aromatic rings. The maximum Gasteiger partial charge on any atom is 0.321 e. The quantitative estimate of drug-likeness (QED) is 0.477. The summed E-state index contributed by atoms with van der Waals surface area (Å²) < 4.78 is 0. The average Bonchev–Trinajstić information content (AvgIpc) is 1.86. The minimum atomic E-state index is -1.05. The Hall–Kier alpha value is -1.10. The lowest BCUT2D eigenvalue weighted by molar-refractivity contribution is -0.141. The number of carboxylic acid groups (broad SMARTS) is 1. The highest BCUT2D eigenvalue weighted by molar-refractivity contribution is 5.83. The molecule has 5 heteroatoms. The second kappa shape index (κ2) is 4.68. The van der Waals surface area contributed by atoms with Crippen LogP contribution in [0.15, 0.2) is 0 Å². The molecular weight excluding hydrogens is 148 g/mol. The van der Waals surface area contributed by atoms with Crippen molar-refractivity contribution in [2.24, 2.45) is 5.73 Å². The fourth-order valence-electron chi connectivity index (χ4n) is 0.694. The smallest absolute Gasteiger partial charge is 0.321 e. The molecule has 5 nitrogen and oxygen atoms in total. The topological polar surface area (TPSA) is 92.4 Å². The van der Waals surface area contributed by atoms with Crippen LogP contribution in [0.2, 0.25) is 0 Å². The summed E-state index contributed by atoms with van der Waals surface area (Å²) in [7, 11) is 0. The van der Waals surface area contributed by atoms with Gasteiger partial charge in [-0.1, -0.05) is 6.92 Å². The molecule has 0 aliphatic carbocycles. The summed E-state index contributed by atoms with van der Waals surface area (Å²) in [5.41, 5.74) is 4.82. The number of aliphatic carboxylic acids is 1. The summed E-state index contributed by atoms with van der Waals surface area (Å²) >= 11 is 0. The fourth-order valence-corrected chi connectivity index (χ4v) is 0.694. The van der Waals surface area contributed by atoms with Crippen molar-refractivity contribution in [1.29, 1.82) is 0 Å². The van der Waals surface area contributed by atoms with E-state index in [9.17, 15) is 9.59 Å². The summed E-state index contributed by atoms with van der Waals surface area (Å²) in [6.45, 7) is 2.27. The van der Waals surface area contributed by atoms with Crippen LogP contribution in [0, 0.1) is 0 Å². The number of carboxylic acids is 1. The van der Waals surface area contributed by atoms with Crippen molar-refractivity contribution in [3.05, 3.63) is 0 Å². The molecule has 64 valence electrons. The highest BCUT2D eigenvalue weighted by Crippen LogP contribution is 1.90. The summed E-state index contributed by atoms with van der Waals surface area (Å²) in [6.07, 6.45) is -0.164. The summed E-state index contributed by atoms with van der Waals surface area (Å²) in [4.78, 5) is 20.7. The second-order valence-corrected chi connectivity index (χ2v) is 2.12. The molecule has 1 unspecified atom stereocenters. The zero-order chi connectivity index (χ0) is 8.85. The van der Waals surface area contributed by atoms with E-state index in [1.165, 1.54) is 0 Å². The van der Waals surface area contributed by atoms with Gasteiger partial charge in [0.25, 0.3) is 0 Å². The van der Waals surface area contributed by atoms with E-state index in [1.54, 1.807) is 6.92 Å². The highest BCUT2D eigenvalue weighted by atomic mass is 16.4. The monoisotopic (exact) mass is 160 g/mol. The van der Waals surface area contributed by atoms with Gasteiger partial charge in [-0.25, -0.2) is 0 Å². The van der Waals surface area contributed by atoms with Crippen molar-refractivity contribution in [2.45, 2.75) is 19.4 Å². The van der Waals surface area contributed by atoms with E-state index in [-0.39, 0.29) is 6.42 Å². The predicted octanol–water partition coefficient (Wildman–Crippen LogP) is -1.08. The SMILES string of the molecule is CCNC(CC(N)=O)C(=O)O. The second-order valence-electron chi connectivity index (χ2n) is 2.12. The number of rotatable bonds is 5. The van der Waals surface area contributed by atoms with Crippen LogP contribution in [0.1, 0.15) is 13.3 Å². The molecule has 0 saturated carbocycles. The van der Waals surface area contributed by atoms with Gasteiger partial charge in [0.05, 0.1) is 6.42 Å². The molecule has 0 aromatic carbocycles. The number of nitrogens with one attached hydrogen (secondary N) is 1. The number of hydrogen-bond donors (Lipinski definition) is 3. The van der Waals surface area contributed by atoms with Crippen molar-refractivity contribution < 1.29 is 14.7 Å². The van der Waals surface area contributed by atoms with Crippen LogP contribution in [0.4, 0.5) is 0 Å². The third-order valence-corrected chi connectivity index (χ3v) is 1.15. The van der Waals surface area contributed by atoms with Crippen LogP contribution in [0.25, 0.3) is 0 Å². The maximum absolute atomic E-state index is 10.4. The van der Waals surface area contributed by atoms with E-state index in [0.717, 1.165) is 0 Å². The number of carbonyl (C=O) groups is 2. The number of primary amides is 1. The molecule has 0 aromatic heterocycles. The third-order valence-electron chi connectivity index (χ3n) is 1.15. The van der Waals surface area contributed by atoms with Crippen molar-refractivity contribution in [3.63, 3.8) is 0 Å². The van der Waals surface area contributed by atoms with E-state index in [1.807, 2.05) is 0 Å². The first-order valence-corrected chi connectivity index (χ1v) is 3.32. The van der Waals surface area contributed by atoms with Crippen molar-refractivity contribution in [1.82, 2.24) is 5.32 Å². The van der Waals surface area contributed by atoms with Crippen LogP contribution in [0.5, 0.6) is 0 Å². The molecule has 1 amide bonds. The van der Waals surface area contributed by atoms with Gasteiger partial charge in [-0.3, -0.25) is 9.59 Å². The molecular formula is C6H12N2O3.